The summed E-state index contributed by atoms with van der Waals surface area (Å²) in [6, 6.07) is 11.7. The monoisotopic (exact) mass is 426 g/mol. The molecule has 0 spiro atoms. The minimum Gasteiger partial charge on any atom is -0.335 e. The van der Waals surface area contributed by atoms with Gasteiger partial charge in [-0.25, -0.2) is 10.9 Å². The molecule has 1 amide bonds. The summed E-state index contributed by atoms with van der Waals surface area (Å²) >= 11 is 3.39. The van der Waals surface area contributed by atoms with Gasteiger partial charge in [-0.3, -0.25) is 14.5 Å². The second-order valence-corrected chi connectivity index (χ2v) is 7.35. The number of nitrogens with zero attached hydrogens (tertiary/aromatic N) is 3. The summed E-state index contributed by atoms with van der Waals surface area (Å²) in [4.78, 5) is 16.5. The first kappa shape index (κ1) is 17.8. The van der Waals surface area contributed by atoms with Crippen LogP contribution in [0, 0.1) is 0 Å². The zero-order valence-electron chi connectivity index (χ0n) is 14.5. The highest BCUT2D eigenvalue weighted by atomic mass is 79.9. The number of hydrogen-bond acceptors (Lipinski definition) is 5. The molecule has 2 atom stereocenters. The lowest BCUT2D eigenvalue weighted by Crippen LogP contribution is -2.44. The summed E-state index contributed by atoms with van der Waals surface area (Å²) in [5.74, 6) is -0.0990. The molecule has 1 aliphatic rings. The van der Waals surface area contributed by atoms with Crippen LogP contribution in [0.5, 0.6) is 0 Å². The molecule has 3 aromatic rings. The molecule has 1 aromatic carbocycles. The van der Waals surface area contributed by atoms with Gasteiger partial charge in [0.05, 0.1) is 23.4 Å². The first-order valence-electron chi connectivity index (χ1n) is 8.66. The summed E-state index contributed by atoms with van der Waals surface area (Å²) < 4.78 is 2.79. The van der Waals surface area contributed by atoms with Gasteiger partial charge in [-0.1, -0.05) is 12.1 Å². The third kappa shape index (κ3) is 4.41. The van der Waals surface area contributed by atoms with Crippen molar-refractivity contribution in [3.8, 4) is 0 Å². The van der Waals surface area contributed by atoms with Gasteiger partial charge in [0.2, 0.25) is 0 Å². The van der Waals surface area contributed by atoms with E-state index in [-0.39, 0.29) is 18.1 Å². The van der Waals surface area contributed by atoms with Gasteiger partial charge in [-0.2, -0.15) is 5.10 Å². The maximum atomic E-state index is 12.5. The second kappa shape index (κ2) is 7.99. The van der Waals surface area contributed by atoms with E-state index in [1.807, 2.05) is 47.3 Å². The maximum Gasteiger partial charge on any atom is 0.252 e. The molecule has 4 rings (SSSR count). The molecule has 1 aliphatic heterocycles. The minimum absolute atomic E-state index is 0.0990. The molecule has 1 saturated heterocycles. The van der Waals surface area contributed by atoms with Gasteiger partial charge in [0.15, 0.2) is 0 Å². The average Bonchev–Trinajstić information content (AvgIpc) is 3.32. The topological polar surface area (TPSA) is 83.9 Å². The van der Waals surface area contributed by atoms with Crippen LogP contribution in [0.2, 0.25) is 0 Å². The van der Waals surface area contributed by atoms with Crippen molar-refractivity contribution in [2.45, 2.75) is 25.2 Å². The molecule has 0 radical (unpaired) electrons. The van der Waals surface area contributed by atoms with Crippen molar-refractivity contribution in [2.24, 2.45) is 0 Å². The van der Waals surface area contributed by atoms with Crippen molar-refractivity contribution in [2.75, 3.05) is 0 Å². The number of carbonyl (C=O) groups is 1. The highest BCUT2D eigenvalue weighted by Crippen LogP contribution is 2.20. The normalized spacial score (nSPS) is 19.1. The van der Waals surface area contributed by atoms with Crippen LogP contribution in [-0.4, -0.2) is 26.8 Å². The first-order valence-corrected chi connectivity index (χ1v) is 9.45. The van der Waals surface area contributed by atoms with Gasteiger partial charge >= 0.3 is 0 Å². The molecule has 0 saturated carbocycles. The lowest BCUT2D eigenvalue weighted by atomic mass is 10.1. The van der Waals surface area contributed by atoms with E-state index in [1.165, 1.54) is 0 Å². The number of amides is 1. The van der Waals surface area contributed by atoms with Gasteiger partial charge < -0.3 is 5.32 Å². The Labute approximate surface area is 165 Å². The van der Waals surface area contributed by atoms with Crippen molar-refractivity contribution in [3.63, 3.8) is 0 Å². The Balaban J connectivity index is 1.33. The van der Waals surface area contributed by atoms with E-state index in [1.54, 1.807) is 18.6 Å². The van der Waals surface area contributed by atoms with Crippen LogP contribution in [0.4, 0.5) is 0 Å². The molecule has 27 heavy (non-hydrogen) atoms. The molecular formula is C19H19BrN6O. The van der Waals surface area contributed by atoms with E-state index in [2.05, 4.69) is 42.2 Å². The fourth-order valence-electron chi connectivity index (χ4n) is 3.08. The number of benzene rings is 1. The number of hydrazine groups is 1. The number of nitrogens with one attached hydrogen (secondary N) is 3. The number of carbonyl (C=O) groups excluding carboxylic acids is 1. The number of rotatable bonds is 5. The molecule has 138 valence electrons. The molecular weight excluding hydrogens is 408 g/mol. The van der Waals surface area contributed by atoms with Crippen molar-refractivity contribution < 1.29 is 4.79 Å². The standard InChI is InChI=1S/C19H19BrN6O/c20-16-10-22-26(12-16)11-13-1-3-15(4-2-13)19(27)23-18-9-17(24-25-18)14-5-7-21-8-6-14/h1-8,10,12,17-18,24-25H,9,11H2,(H,23,27). The zero-order chi connectivity index (χ0) is 18.6. The fourth-order valence-corrected chi connectivity index (χ4v) is 3.41. The molecule has 0 bridgehead atoms. The number of aromatic nitrogens is 3. The molecule has 0 aliphatic carbocycles. The highest BCUT2D eigenvalue weighted by Gasteiger charge is 2.26. The number of pyridine rings is 1. The van der Waals surface area contributed by atoms with E-state index < -0.39 is 0 Å². The van der Waals surface area contributed by atoms with Crippen molar-refractivity contribution in [3.05, 3.63) is 82.3 Å². The van der Waals surface area contributed by atoms with Gasteiger partial charge in [0.25, 0.3) is 5.91 Å². The van der Waals surface area contributed by atoms with E-state index in [0.29, 0.717) is 12.1 Å². The Hall–Kier alpha value is -2.55. The summed E-state index contributed by atoms with van der Waals surface area (Å²) in [5, 5.41) is 7.26. The van der Waals surface area contributed by atoms with E-state index in [0.717, 1.165) is 22.0 Å². The third-order valence-electron chi connectivity index (χ3n) is 4.48. The van der Waals surface area contributed by atoms with Crippen LogP contribution in [0.1, 0.15) is 33.9 Å². The van der Waals surface area contributed by atoms with Gasteiger partial charge in [-0.15, -0.1) is 0 Å². The van der Waals surface area contributed by atoms with Crippen LogP contribution in [0.15, 0.2) is 65.7 Å². The Kier molecular flexibility index (Phi) is 5.28. The van der Waals surface area contributed by atoms with Crippen LogP contribution < -0.4 is 16.2 Å². The summed E-state index contributed by atoms with van der Waals surface area (Å²) in [6.07, 6.45) is 7.85. The van der Waals surface area contributed by atoms with Crippen molar-refractivity contribution in [1.82, 2.24) is 30.9 Å². The largest absolute Gasteiger partial charge is 0.335 e. The smallest absolute Gasteiger partial charge is 0.252 e. The maximum absolute atomic E-state index is 12.5. The van der Waals surface area contributed by atoms with E-state index in [4.69, 9.17) is 0 Å². The lowest BCUT2D eigenvalue weighted by Gasteiger charge is -2.12. The van der Waals surface area contributed by atoms with Gasteiger partial charge in [0.1, 0.15) is 0 Å². The summed E-state index contributed by atoms with van der Waals surface area (Å²) in [7, 11) is 0. The predicted octanol–water partition coefficient (Wildman–Crippen LogP) is 2.38. The summed E-state index contributed by atoms with van der Waals surface area (Å²) in [5.41, 5.74) is 9.21. The van der Waals surface area contributed by atoms with Crippen LogP contribution in [-0.2, 0) is 6.54 Å². The second-order valence-electron chi connectivity index (χ2n) is 6.44. The molecule has 2 aromatic heterocycles. The van der Waals surface area contributed by atoms with Crippen LogP contribution in [0.25, 0.3) is 0 Å². The van der Waals surface area contributed by atoms with Gasteiger partial charge in [0, 0.05) is 36.6 Å². The lowest BCUT2D eigenvalue weighted by molar-refractivity contribution is 0.0932. The van der Waals surface area contributed by atoms with E-state index >= 15 is 0 Å². The Bertz CT molecular complexity index is 911. The van der Waals surface area contributed by atoms with Crippen molar-refractivity contribution in [1.29, 1.82) is 0 Å². The minimum atomic E-state index is -0.128. The van der Waals surface area contributed by atoms with Crippen LogP contribution in [0.3, 0.4) is 0 Å². The fraction of sp³-hybridized carbons (Fsp3) is 0.211. The van der Waals surface area contributed by atoms with Crippen molar-refractivity contribution >= 4 is 21.8 Å². The Morgan fingerprint density at radius 2 is 1.96 bits per heavy atom. The average molecular weight is 427 g/mol. The van der Waals surface area contributed by atoms with E-state index in [9.17, 15) is 4.79 Å². The first-order chi connectivity index (χ1) is 13.2. The Morgan fingerprint density at radius 3 is 2.67 bits per heavy atom. The molecule has 8 heteroatoms. The number of halogens is 1. The quantitative estimate of drug-likeness (QED) is 0.583. The Morgan fingerprint density at radius 1 is 1.19 bits per heavy atom. The zero-order valence-corrected chi connectivity index (χ0v) is 16.1. The molecule has 1 fully saturated rings. The number of hydrogen-bond donors (Lipinski definition) is 3. The SMILES string of the molecule is O=C(NC1CC(c2ccncc2)NN1)c1ccc(Cn2cc(Br)cn2)cc1. The van der Waals surface area contributed by atoms with Crippen LogP contribution >= 0.6 is 15.9 Å². The molecule has 3 heterocycles. The third-order valence-corrected chi connectivity index (χ3v) is 4.89. The molecule has 2 unspecified atom stereocenters. The van der Waals surface area contributed by atoms with Gasteiger partial charge in [-0.05, 0) is 51.3 Å². The molecule has 3 N–H and O–H groups in total. The predicted molar refractivity (Wildman–Crippen MR) is 105 cm³/mol. The highest BCUT2D eigenvalue weighted by molar-refractivity contribution is 9.10. The summed E-state index contributed by atoms with van der Waals surface area (Å²) in [6.45, 7) is 0.662. The molecule has 7 nitrogen and oxygen atoms in total.